The van der Waals surface area contributed by atoms with Gasteiger partial charge < -0.3 is 15.0 Å². The lowest BCUT2D eigenvalue weighted by atomic mass is 9.99. The molecule has 2 N–H and O–H groups in total. The summed E-state index contributed by atoms with van der Waals surface area (Å²) in [7, 11) is 0. The van der Waals surface area contributed by atoms with Crippen molar-refractivity contribution >= 4 is 40.2 Å². The standard InChI is InChI=1S/C33H26FN3O3S/c1-20(2)37-19-30(41-27-14-12-26(35-3)13-15-27)31-28(16-24(17-29(31)37)22-8-10-25(34)11-9-22)32(38)36-18-21-4-6-23(7-5-21)33(39)40/h4-17,19-20H,18H2,1-2H3,(H,36,38)(H,39,40). The number of aromatic nitrogens is 1. The minimum Gasteiger partial charge on any atom is -0.478 e. The molecule has 5 rings (SSSR count). The summed E-state index contributed by atoms with van der Waals surface area (Å²) in [5, 5.41) is 13.0. The molecule has 0 saturated heterocycles. The van der Waals surface area contributed by atoms with E-state index in [2.05, 4.69) is 28.6 Å². The summed E-state index contributed by atoms with van der Waals surface area (Å²) in [4.78, 5) is 30.3. The van der Waals surface area contributed by atoms with E-state index in [0.29, 0.717) is 11.3 Å². The first-order valence-corrected chi connectivity index (χ1v) is 13.8. The van der Waals surface area contributed by atoms with Crippen LogP contribution in [0.15, 0.2) is 101 Å². The Kier molecular flexibility index (Phi) is 7.90. The molecule has 0 saturated carbocycles. The van der Waals surface area contributed by atoms with Gasteiger partial charge in [-0.1, -0.05) is 60.3 Å². The van der Waals surface area contributed by atoms with Crippen LogP contribution in [-0.2, 0) is 6.54 Å². The largest absolute Gasteiger partial charge is 0.478 e. The summed E-state index contributed by atoms with van der Waals surface area (Å²) in [6.45, 7) is 11.6. The first-order chi connectivity index (χ1) is 19.7. The van der Waals surface area contributed by atoms with E-state index >= 15 is 0 Å². The smallest absolute Gasteiger partial charge is 0.335 e. The first kappa shape index (κ1) is 27.7. The lowest BCUT2D eigenvalue weighted by Gasteiger charge is -2.14. The topological polar surface area (TPSA) is 75.7 Å². The molecule has 0 unspecified atom stereocenters. The fourth-order valence-corrected chi connectivity index (χ4v) is 5.61. The van der Waals surface area contributed by atoms with Gasteiger partial charge >= 0.3 is 5.97 Å². The number of halogens is 1. The highest BCUT2D eigenvalue weighted by Crippen LogP contribution is 2.40. The van der Waals surface area contributed by atoms with Crippen LogP contribution in [0.3, 0.4) is 0 Å². The normalized spacial score (nSPS) is 11.0. The van der Waals surface area contributed by atoms with Crippen LogP contribution in [0, 0.1) is 12.4 Å². The molecule has 0 fully saturated rings. The van der Waals surface area contributed by atoms with Gasteiger partial charge in [0.1, 0.15) is 5.82 Å². The molecule has 0 atom stereocenters. The maximum atomic E-state index is 13.8. The Labute approximate surface area is 241 Å². The summed E-state index contributed by atoms with van der Waals surface area (Å²) in [5.74, 6) is -1.63. The van der Waals surface area contributed by atoms with E-state index in [-0.39, 0.29) is 29.9 Å². The van der Waals surface area contributed by atoms with Gasteiger partial charge in [0.05, 0.1) is 23.2 Å². The molecule has 1 aromatic heterocycles. The lowest BCUT2D eigenvalue weighted by Crippen LogP contribution is -2.23. The van der Waals surface area contributed by atoms with Crippen LogP contribution in [0.5, 0.6) is 0 Å². The number of amides is 1. The van der Waals surface area contributed by atoms with Crippen LogP contribution in [0.4, 0.5) is 10.1 Å². The van der Waals surface area contributed by atoms with Crippen LogP contribution in [0.2, 0.25) is 0 Å². The SMILES string of the molecule is [C-]#[N+]c1ccc(Sc2cn(C(C)C)c3cc(-c4ccc(F)cc4)cc(C(=O)NCc4ccc(C(=O)O)cc4)c23)cc1. The van der Waals surface area contributed by atoms with E-state index in [0.717, 1.165) is 37.4 Å². The number of hydrogen-bond acceptors (Lipinski definition) is 3. The molecule has 0 spiro atoms. The van der Waals surface area contributed by atoms with Gasteiger partial charge in [-0.2, -0.15) is 0 Å². The summed E-state index contributed by atoms with van der Waals surface area (Å²) < 4.78 is 15.8. The summed E-state index contributed by atoms with van der Waals surface area (Å²) >= 11 is 1.52. The van der Waals surface area contributed by atoms with E-state index in [1.165, 1.54) is 36.0 Å². The minimum atomic E-state index is -1.01. The van der Waals surface area contributed by atoms with Crippen molar-refractivity contribution in [2.45, 2.75) is 36.2 Å². The highest BCUT2D eigenvalue weighted by Gasteiger charge is 2.21. The molecule has 0 aliphatic heterocycles. The zero-order valence-electron chi connectivity index (χ0n) is 22.4. The summed E-state index contributed by atoms with van der Waals surface area (Å²) in [5.41, 5.74) is 4.41. The van der Waals surface area contributed by atoms with Crippen molar-refractivity contribution in [3.05, 3.63) is 125 Å². The number of hydrogen-bond donors (Lipinski definition) is 2. The minimum absolute atomic E-state index is 0.100. The molecule has 41 heavy (non-hydrogen) atoms. The van der Waals surface area contributed by atoms with Gasteiger partial charge in [0.2, 0.25) is 0 Å². The first-order valence-electron chi connectivity index (χ1n) is 12.9. The summed E-state index contributed by atoms with van der Waals surface area (Å²) in [6, 6.07) is 23.8. The van der Waals surface area contributed by atoms with Gasteiger partial charge in [-0.05, 0) is 66.9 Å². The van der Waals surface area contributed by atoms with Crippen molar-refractivity contribution in [1.29, 1.82) is 0 Å². The molecular formula is C33H26FN3O3S. The molecule has 8 heteroatoms. The zero-order chi connectivity index (χ0) is 29.1. The number of fused-ring (bicyclic) bond motifs is 1. The Morgan fingerprint density at radius 3 is 2.27 bits per heavy atom. The van der Waals surface area contributed by atoms with Crippen LogP contribution in [-0.4, -0.2) is 21.6 Å². The number of nitrogens with one attached hydrogen (secondary N) is 1. The Morgan fingerprint density at radius 1 is 0.976 bits per heavy atom. The van der Waals surface area contributed by atoms with Crippen molar-refractivity contribution in [3.8, 4) is 11.1 Å². The molecule has 0 bridgehead atoms. The molecule has 6 nitrogen and oxygen atoms in total. The van der Waals surface area contributed by atoms with Crippen molar-refractivity contribution < 1.29 is 19.1 Å². The third-order valence-electron chi connectivity index (χ3n) is 6.72. The number of carboxylic acids is 1. The van der Waals surface area contributed by atoms with Gasteiger partial charge in [-0.3, -0.25) is 4.79 Å². The van der Waals surface area contributed by atoms with Crippen LogP contribution in [0.25, 0.3) is 26.9 Å². The Bertz CT molecular complexity index is 1790. The predicted molar refractivity (Wildman–Crippen MR) is 159 cm³/mol. The van der Waals surface area contributed by atoms with Gasteiger partial charge in [0.15, 0.2) is 5.69 Å². The fourth-order valence-electron chi connectivity index (χ4n) is 4.60. The molecule has 0 radical (unpaired) electrons. The predicted octanol–water partition coefficient (Wildman–Crippen LogP) is 8.36. The van der Waals surface area contributed by atoms with E-state index in [4.69, 9.17) is 11.7 Å². The quantitative estimate of drug-likeness (QED) is 0.186. The number of carboxylic acid groups (broad SMARTS) is 1. The second-order valence-electron chi connectivity index (χ2n) is 9.81. The van der Waals surface area contributed by atoms with Gasteiger partial charge in [0.25, 0.3) is 5.91 Å². The molecule has 0 aliphatic rings. The van der Waals surface area contributed by atoms with E-state index in [1.54, 1.807) is 36.4 Å². The van der Waals surface area contributed by atoms with Crippen molar-refractivity contribution in [1.82, 2.24) is 9.88 Å². The Balaban J connectivity index is 1.60. The highest BCUT2D eigenvalue weighted by molar-refractivity contribution is 7.99. The third kappa shape index (κ3) is 6.01. The molecule has 4 aromatic carbocycles. The van der Waals surface area contributed by atoms with Gasteiger partial charge in [-0.25, -0.2) is 14.0 Å². The molecular weight excluding hydrogens is 537 g/mol. The molecule has 0 aliphatic carbocycles. The fraction of sp³-hybridized carbons (Fsp3) is 0.121. The number of carbonyl (C=O) groups is 2. The molecule has 5 aromatic rings. The number of rotatable bonds is 8. The van der Waals surface area contributed by atoms with E-state index in [1.807, 2.05) is 30.5 Å². The second kappa shape index (κ2) is 11.7. The average molecular weight is 564 g/mol. The highest BCUT2D eigenvalue weighted by atomic mass is 32.2. The maximum Gasteiger partial charge on any atom is 0.335 e. The lowest BCUT2D eigenvalue weighted by molar-refractivity contribution is 0.0696. The average Bonchev–Trinajstić information content (AvgIpc) is 3.35. The van der Waals surface area contributed by atoms with Crippen LogP contribution < -0.4 is 5.32 Å². The molecule has 1 heterocycles. The number of benzene rings is 4. The van der Waals surface area contributed by atoms with Gasteiger partial charge in [0, 0.05) is 34.0 Å². The number of nitrogens with zero attached hydrogens (tertiary/aromatic N) is 2. The van der Waals surface area contributed by atoms with E-state index in [9.17, 15) is 14.0 Å². The van der Waals surface area contributed by atoms with Crippen LogP contribution in [0.1, 0.15) is 46.2 Å². The zero-order valence-corrected chi connectivity index (χ0v) is 23.2. The molecule has 1 amide bonds. The van der Waals surface area contributed by atoms with Crippen molar-refractivity contribution in [3.63, 3.8) is 0 Å². The van der Waals surface area contributed by atoms with Crippen LogP contribution >= 0.6 is 11.8 Å². The van der Waals surface area contributed by atoms with Crippen molar-refractivity contribution in [2.75, 3.05) is 0 Å². The summed E-state index contributed by atoms with van der Waals surface area (Å²) in [6.07, 6.45) is 2.04. The molecule has 204 valence electrons. The van der Waals surface area contributed by atoms with E-state index < -0.39 is 5.97 Å². The van der Waals surface area contributed by atoms with Gasteiger partial charge in [-0.15, -0.1) is 0 Å². The maximum absolute atomic E-state index is 13.8. The third-order valence-corrected chi connectivity index (χ3v) is 7.76. The number of aromatic carboxylic acids is 1. The number of carbonyl (C=O) groups excluding carboxylic acids is 1. The Morgan fingerprint density at radius 2 is 1.66 bits per heavy atom. The second-order valence-corrected chi connectivity index (χ2v) is 10.9. The monoisotopic (exact) mass is 563 g/mol. The van der Waals surface area contributed by atoms with Crippen molar-refractivity contribution in [2.24, 2.45) is 0 Å². The Hall–Kier alpha value is -4.87.